The van der Waals surface area contributed by atoms with Gasteiger partial charge in [-0.3, -0.25) is 9.36 Å². The van der Waals surface area contributed by atoms with Crippen molar-refractivity contribution in [2.45, 2.75) is 0 Å². The molecular weight excluding hydrogens is 325 g/mol. The highest BCUT2D eigenvalue weighted by Crippen LogP contribution is 2.36. The molecule has 4 aromatic rings. The van der Waals surface area contributed by atoms with Crippen molar-refractivity contribution in [2.24, 2.45) is 0 Å². The van der Waals surface area contributed by atoms with Crippen LogP contribution < -0.4 is 10.5 Å². The van der Waals surface area contributed by atoms with Gasteiger partial charge in [-0.1, -0.05) is 18.2 Å². The fraction of sp³-hybridized carbons (Fsp3) is 0.111. The monoisotopic (exact) mass is 339 g/mol. The second kappa shape index (κ2) is 5.42. The van der Waals surface area contributed by atoms with Crippen molar-refractivity contribution >= 4 is 37.3 Å². The van der Waals surface area contributed by atoms with Gasteiger partial charge in [-0.05, 0) is 24.3 Å². The predicted molar refractivity (Wildman–Crippen MR) is 97.0 cm³/mol. The molecule has 4 nitrogen and oxygen atoms in total. The number of aromatic nitrogens is 2. The Morgan fingerprint density at radius 2 is 1.92 bits per heavy atom. The molecule has 0 spiro atoms. The Morgan fingerprint density at radius 1 is 1.12 bits per heavy atom. The molecule has 24 heavy (non-hydrogen) atoms. The Morgan fingerprint density at radius 3 is 2.67 bits per heavy atom. The highest BCUT2D eigenvalue weighted by atomic mass is 32.1. The number of rotatable bonds is 2. The zero-order valence-corrected chi connectivity index (χ0v) is 14.0. The van der Waals surface area contributed by atoms with Crippen LogP contribution in [-0.4, -0.2) is 23.6 Å². The summed E-state index contributed by atoms with van der Waals surface area (Å²) < 4.78 is 16.8. The number of fused-ring (bicyclic) bond motifs is 3. The molecule has 0 amide bonds. The molecule has 0 aliphatic heterocycles. The molecule has 120 valence electrons. The number of halogens is 1. The molecule has 0 fully saturated rings. The van der Waals surface area contributed by atoms with Crippen LogP contribution in [0.2, 0.25) is 0 Å². The fourth-order valence-corrected chi connectivity index (χ4v) is 3.96. The molecule has 0 aliphatic rings. The van der Waals surface area contributed by atoms with Gasteiger partial charge in [-0.2, -0.15) is 0 Å². The topological polar surface area (TPSA) is 38.1 Å². The Bertz CT molecular complexity index is 1130. The van der Waals surface area contributed by atoms with Crippen LogP contribution in [0.25, 0.3) is 26.0 Å². The Kier molecular flexibility index (Phi) is 3.35. The van der Waals surface area contributed by atoms with E-state index in [4.69, 9.17) is 0 Å². The van der Waals surface area contributed by atoms with Gasteiger partial charge in [-0.15, -0.1) is 11.3 Å². The van der Waals surface area contributed by atoms with Gasteiger partial charge in [-0.25, -0.2) is 9.37 Å². The summed E-state index contributed by atoms with van der Waals surface area (Å²) in [5.74, 6) is -0.448. The van der Waals surface area contributed by atoms with E-state index in [0.29, 0.717) is 10.2 Å². The summed E-state index contributed by atoms with van der Waals surface area (Å²) in [7, 11) is 3.91. The van der Waals surface area contributed by atoms with E-state index < -0.39 is 5.82 Å². The van der Waals surface area contributed by atoms with Crippen LogP contribution in [0.15, 0.2) is 53.6 Å². The second-order valence-electron chi connectivity index (χ2n) is 5.70. The molecule has 0 saturated heterocycles. The summed E-state index contributed by atoms with van der Waals surface area (Å²) in [6, 6.07) is 12.1. The molecule has 0 atom stereocenters. The van der Waals surface area contributed by atoms with E-state index in [9.17, 15) is 9.18 Å². The highest BCUT2D eigenvalue weighted by Gasteiger charge is 2.16. The van der Waals surface area contributed by atoms with Crippen LogP contribution in [-0.2, 0) is 0 Å². The first-order valence-corrected chi connectivity index (χ1v) is 8.24. The quantitative estimate of drug-likeness (QED) is 0.557. The maximum atomic E-state index is 14.0. The average molecular weight is 339 g/mol. The molecule has 2 aromatic carbocycles. The fourth-order valence-electron chi connectivity index (χ4n) is 2.85. The van der Waals surface area contributed by atoms with E-state index >= 15 is 0 Å². The lowest BCUT2D eigenvalue weighted by molar-refractivity contribution is 0.616. The molecule has 0 radical (unpaired) electrons. The summed E-state index contributed by atoms with van der Waals surface area (Å²) in [6.07, 6.45) is 1.40. The first-order valence-electron chi connectivity index (χ1n) is 7.43. The molecule has 0 bridgehead atoms. The number of benzene rings is 2. The summed E-state index contributed by atoms with van der Waals surface area (Å²) >= 11 is 1.39. The van der Waals surface area contributed by atoms with Gasteiger partial charge in [0, 0.05) is 29.9 Å². The predicted octanol–water partition coefficient (Wildman–Crippen LogP) is 3.81. The number of thiophene rings is 1. The zero-order valence-electron chi connectivity index (χ0n) is 13.2. The van der Waals surface area contributed by atoms with E-state index in [-0.39, 0.29) is 11.2 Å². The maximum absolute atomic E-state index is 14.0. The van der Waals surface area contributed by atoms with Crippen LogP contribution in [0.3, 0.4) is 0 Å². The van der Waals surface area contributed by atoms with Crippen LogP contribution in [0.4, 0.5) is 10.1 Å². The summed E-state index contributed by atoms with van der Waals surface area (Å²) in [6.45, 7) is 0. The van der Waals surface area contributed by atoms with Crippen LogP contribution in [0.5, 0.6) is 0 Å². The van der Waals surface area contributed by atoms with Crippen molar-refractivity contribution in [2.75, 3.05) is 19.0 Å². The van der Waals surface area contributed by atoms with E-state index in [2.05, 4.69) is 4.98 Å². The van der Waals surface area contributed by atoms with Crippen LogP contribution >= 0.6 is 11.3 Å². The molecule has 0 aliphatic carbocycles. The molecule has 0 N–H and O–H groups in total. The van der Waals surface area contributed by atoms with Gasteiger partial charge in [0.05, 0.1) is 11.2 Å². The van der Waals surface area contributed by atoms with Gasteiger partial charge < -0.3 is 4.90 Å². The molecule has 6 heteroatoms. The first-order chi connectivity index (χ1) is 11.6. The number of para-hydroxylation sites is 1. The standard InChI is InChI=1S/C18H14FN3OS/c1-21(2)13-8-5-9-14-15(13)16-17(24-14)18(23)22(10-20-16)12-7-4-3-6-11(12)19/h3-10H,1-2H3. The van der Waals surface area contributed by atoms with Crippen molar-refractivity contribution in [3.8, 4) is 5.69 Å². The van der Waals surface area contributed by atoms with E-state index in [1.165, 1.54) is 28.3 Å². The molecule has 0 unspecified atom stereocenters. The number of nitrogens with zero attached hydrogens (tertiary/aromatic N) is 3. The Hall–Kier alpha value is -2.73. The molecular formula is C18H14FN3OS. The molecule has 0 saturated carbocycles. The van der Waals surface area contributed by atoms with Gasteiger partial charge in [0.1, 0.15) is 16.8 Å². The van der Waals surface area contributed by atoms with E-state index in [1.807, 2.05) is 37.2 Å². The first kappa shape index (κ1) is 14.8. The van der Waals surface area contributed by atoms with Crippen molar-refractivity contribution in [1.29, 1.82) is 0 Å². The third kappa shape index (κ3) is 2.11. The third-order valence-electron chi connectivity index (χ3n) is 3.98. The third-order valence-corrected chi connectivity index (χ3v) is 5.11. The van der Waals surface area contributed by atoms with Crippen LogP contribution in [0, 0.1) is 5.82 Å². The van der Waals surface area contributed by atoms with Gasteiger partial charge in [0.15, 0.2) is 0 Å². The maximum Gasteiger partial charge on any atom is 0.276 e. The average Bonchev–Trinajstić information content (AvgIpc) is 2.95. The minimum atomic E-state index is -0.448. The second-order valence-corrected chi connectivity index (χ2v) is 6.75. The summed E-state index contributed by atoms with van der Waals surface area (Å²) in [5, 5.41) is 0.959. The lowest BCUT2D eigenvalue weighted by Gasteiger charge is -2.13. The minimum Gasteiger partial charge on any atom is -0.377 e. The van der Waals surface area contributed by atoms with Crippen molar-refractivity contribution < 1.29 is 4.39 Å². The Labute approximate surface area is 141 Å². The highest BCUT2D eigenvalue weighted by molar-refractivity contribution is 7.25. The lowest BCUT2D eigenvalue weighted by Crippen LogP contribution is -2.18. The van der Waals surface area contributed by atoms with Crippen LogP contribution in [0.1, 0.15) is 0 Å². The SMILES string of the molecule is CN(C)c1cccc2sc3c(=O)n(-c4ccccc4F)cnc3c12. The van der Waals surface area contributed by atoms with Crippen molar-refractivity contribution in [3.63, 3.8) is 0 Å². The molecule has 2 aromatic heterocycles. The Balaban J connectivity index is 2.09. The zero-order chi connectivity index (χ0) is 16.8. The summed E-state index contributed by atoms with van der Waals surface area (Å²) in [5.41, 5.74) is 1.63. The number of anilines is 1. The van der Waals surface area contributed by atoms with Crippen molar-refractivity contribution in [1.82, 2.24) is 9.55 Å². The lowest BCUT2D eigenvalue weighted by atomic mass is 10.2. The smallest absolute Gasteiger partial charge is 0.276 e. The molecule has 4 rings (SSSR count). The van der Waals surface area contributed by atoms with E-state index in [1.54, 1.807) is 18.2 Å². The largest absolute Gasteiger partial charge is 0.377 e. The number of hydrogen-bond donors (Lipinski definition) is 0. The van der Waals surface area contributed by atoms with Gasteiger partial charge in [0.25, 0.3) is 5.56 Å². The van der Waals surface area contributed by atoms with Crippen molar-refractivity contribution in [3.05, 3.63) is 65.0 Å². The molecule has 2 heterocycles. The normalized spacial score (nSPS) is 11.3. The number of hydrogen-bond acceptors (Lipinski definition) is 4. The van der Waals surface area contributed by atoms with E-state index in [0.717, 1.165) is 15.8 Å². The summed E-state index contributed by atoms with van der Waals surface area (Å²) in [4.78, 5) is 19.4. The van der Waals surface area contributed by atoms with Gasteiger partial charge >= 0.3 is 0 Å². The van der Waals surface area contributed by atoms with Gasteiger partial charge in [0.2, 0.25) is 0 Å². The minimum absolute atomic E-state index is 0.210.